The van der Waals surface area contributed by atoms with Crippen molar-refractivity contribution in [2.75, 3.05) is 13.1 Å². The van der Waals surface area contributed by atoms with E-state index in [2.05, 4.69) is 34.5 Å². The van der Waals surface area contributed by atoms with Gasteiger partial charge in [0.2, 0.25) is 5.91 Å². The van der Waals surface area contributed by atoms with E-state index in [-0.39, 0.29) is 5.91 Å². The average Bonchev–Trinajstić information content (AvgIpc) is 3.32. The molecule has 1 saturated heterocycles. The predicted molar refractivity (Wildman–Crippen MR) is 96.4 cm³/mol. The van der Waals surface area contributed by atoms with Crippen LogP contribution in [0, 0.1) is 17.8 Å². The van der Waals surface area contributed by atoms with Gasteiger partial charge in [-0.1, -0.05) is 30.7 Å². The number of hydrogen-bond acceptors (Lipinski definition) is 2. The summed E-state index contributed by atoms with van der Waals surface area (Å²) < 4.78 is 0. The van der Waals surface area contributed by atoms with Crippen molar-refractivity contribution in [3.63, 3.8) is 0 Å². The van der Waals surface area contributed by atoms with Crippen LogP contribution in [0.2, 0.25) is 0 Å². The van der Waals surface area contributed by atoms with E-state index >= 15 is 0 Å². The minimum Gasteiger partial charge on any atom is -0.352 e. The molecule has 4 rings (SSSR count). The number of amides is 1. The molecule has 3 atom stereocenters. The Labute approximate surface area is 145 Å². The maximum atomic E-state index is 12.4. The summed E-state index contributed by atoms with van der Waals surface area (Å²) in [6.07, 6.45) is 8.84. The smallest absolute Gasteiger partial charge is 0.220 e. The van der Waals surface area contributed by atoms with Crippen molar-refractivity contribution in [1.29, 1.82) is 0 Å². The van der Waals surface area contributed by atoms with Crippen LogP contribution in [0.3, 0.4) is 0 Å². The first kappa shape index (κ1) is 16.1. The lowest BCUT2D eigenvalue weighted by atomic mass is 9.86. The van der Waals surface area contributed by atoms with Gasteiger partial charge in [0.25, 0.3) is 0 Å². The van der Waals surface area contributed by atoms with Crippen molar-refractivity contribution < 1.29 is 4.79 Å². The summed E-state index contributed by atoms with van der Waals surface area (Å²) in [7, 11) is 0. The zero-order valence-corrected chi connectivity index (χ0v) is 14.7. The molecule has 1 amide bonds. The molecule has 130 valence electrons. The second kappa shape index (κ2) is 7.26. The predicted octanol–water partition coefficient (Wildman–Crippen LogP) is 3.72. The van der Waals surface area contributed by atoms with E-state index in [9.17, 15) is 4.79 Å². The van der Waals surface area contributed by atoms with Gasteiger partial charge in [0, 0.05) is 19.5 Å². The molecule has 0 unspecified atom stereocenters. The fourth-order valence-electron chi connectivity index (χ4n) is 5.20. The lowest BCUT2D eigenvalue weighted by Crippen LogP contribution is -2.28. The molecule has 2 saturated carbocycles. The number of benzene rings is 1. The van der Waals surface area contributed by atoms with Crippen LogP contribution in [0.25, 0.3) is 0 Å². The summed E-state index contributed by atoms with van der Waals surface area (Å²) in [5.41, 5.74) is 2.66. The molecule has 1 heterocycles. The fourth-order valence-corrected chi connectivity index (χ4v) is 5.20. The number of rotatable bonds is 6. The highest BCUT2D eigenvalue weighted by molar-refractivity contribution is 5.76. The monoisotopic (exact) mass is 326 g/mol. The van der Waals surface area contributed by atoms with Crippen molar-refractivity contribution >= 4 is 5.91 Å². The van der Waals surface area contributed by atoms with E-state index in [0.717, 1.165) is 24.8 Å². The quantitative estimate of drug-likeness (QED) is 0.864. The first-order valence-electron chi connectivity index (χ1n) is 9.84. The molecule has 0 spiro atoms. The van der Waals surface area contributed by atoms with Gasteiger partial charge in [0.15, 0.2) is 0 Å². The van der Waals surface area contributed by atoms with Crippen LogP contribution in [-0.2, 0) is 17.9 Å². The highest BCUT2D eigenvalue weighted by atomic mass is 16.1. The molecule has 3 heteroatoms. The van der Waals surface area contributed by atoms with Gasteiger partial charge in [-0.3, -0.25) is 9.69 Å². The molecule has 24 heavy (non-hydrogen) atoms. The maximum absolute atomic E-state index is 12.4. The van der Waals surface area contributed by atoms with E-state index in [0.29, 0.717) is 12.5 Å². The third-order valence-corrected chi connectivity index (χ3v) is 6.52. The van der Waals surface area contributed by atoms with E-state index in [4.69, 9.17) is 0 Å². The minimum atomic E-state index is 0.253. The summed E-state index contributed by atoms with van der Waals surface area (Å²) in [6, 6.07) is 8.59. The van der Waals surface area contributed by atoms with Gasteiger partial charge in [-0.2, -0.15) is 0 Å². The molecule has 2 bridgehead atoms. The first-order chi connectivity index (χ1) is 11.8. The highest BCUT2D eigenvalue weighted by Gasteiger charge is 2.40. The third kappa shape index (κ3) is 3.66. The Morgan fingerprint density at radius 2 is 1.88 bits per heavy atom. The summed E-state index contributed by atoms with van der Waals surface area (Å²) >= 11 is 0. The number of nitrogens with zero attached hydrogens (tertiary/aromatic N) is 1. The Kier molecular flexibility index (Phi) is 4.88. The molecule has 2 aliphatic carbocycles. The van der Waals surface area contributed by atoms with Crippen LogP contribution in [0.15, 0.2) is 24.3 Å². The minimum absolute atomic E-state index is 0.253. The van der Waals surface area contributed by atoms with E-state index in [1.54, 1.807) is 0 Å². The number of likely N-dealkylation sites (tertiary alicyclic amines) is 1. The topological polar surface area (TPSA) is 32.3 Å². The highest BCUT2D eigenvalue weighted by Crippen LogP contribution is 2.49. The van der Waals surface area contributed by atoms with Gasteiger partial charge < -0.3 is 5.32 Å². The molecular weight excluding hydrogens is 296 g/mol. The Hall–Kier alpha value is -1.35. The molecule has 1 aromatic carbocycles. The zero-order valence-electron chi connectivity index (χ0n) is 14.7. The van der Waals surface area contributed by atoms with Gasteiger partial charge in [-0.15, -0.1) is 0 Å². The van der Waals surface area contributed by atoms with Crippen LogP contribution in [0.5, 0.6) is 0 Å². The van der Waals surface area contributed by atoms with E-state index in [1.807, 2.05) is 0 Å². The van der Waals surface area contributed by atoms with Crippen LogP contribution in [-0.4, -0.2) is 23.9 Å². The van der Waals surface area contributed by atoms with Crippen LogP contribution in [0.4, 0.5) is 0 Å². The van der Waals surface area contributed by atoms with Crippen molar-refractivity contribution in [3.8, 4) is 0 Å². The second-order valence-electron chi connectivity index (χ2n) is 8.17. The SMILES string of the molecule is O=C(C[C@@H]1C[C@H]2CC[C@@H]1C2)NCc1ccccc1CN1CCCC1. The van der Waals surface area contributed by atoms with Crippen molar-refractivity contribution in [2.24, 2.45) is 17.8 Å². The molecule has 1 aliphatic heterocycles. The first-order valence-corrected chi connectivity index (χ1v) is 9.84. The Balaban J connectivity index is 1.29. The maximum Gasteiger partial charge on any atom is 0.220 e. The van der Waals surface area contributed by atoms with Gasteiger partial charge in [-0.25, -0.2) is 0 Å². The van der Waals surface area contributed by atoms with Gasteiger partial charge in [0.1, 0.15) is 0 Å². The molecule has 3 nitrogen and oxygen atoms in total. The van der Waals surface area contributed by atoms with E-state index in [1.165, 1.54) is 62.7 Å². The number of fused-ring (bicyclic) bond motifs is 2. The molecule has 0 aromatic heterocycles. The second-order valence-corrected chi connectivity index (χ2v) is 8.17. The van der Waals surface area contributed by atoms with Crippen molar-refractivity contribution in [2.45, 2.75) is 58.0 Å². The normalized spacial score (nSPS) is 29.2. The fraction of sp³-hybridized carbons (Fsp3) is 0.667. The molecule has 3 aliphatic rings. The Bertz CT molecular complexity index is 579. The van der Waals surface area contributed by atoms with Crippen LogP contribution >= 0.6 is 0 Å². The summed E-state index contributed by atoms with van der Waals surface area (Å²) in [5.74, 6) is 2.67. The van der Waals surface area contributed by atoms with E-state index < -0.39 is 0 Å². The molecule has 1 N–H and O–H groups in total. The molecular formula is C21H30N2O. The third-order valence-electron chi connectivity index (χ3n) is 6.52. The van der Waals surface area contributed by atoms with Gasteiger partial charge in [-0.05, 0) is 74.1 Å². The summed E-state index contributed by atoms with van der Waals surface area (Å²) in [5, 5.41) is 3.19. The Morgan fingerprint density at radius 3 is 2.58 bits per heavy atom. The summed E-state index contributed by atoms with van der Waals surface area (Å²) in [4.78, 5) is 14.9. The van der Waals surface area contributed by atoms with Crippen molar-refractivity contribution in [1.82, 2.24) is 10.2 Å². The van der Waals surface area contributed by atoms with Crippen molar-refractivity contribution in [3.05, 3.63) is 35.4 Å². The zero-order chi connectivity index (χ0) is 16.4. The molecule has 1 aromatic rings. The number of nitrogens with one attached hydrogen (secondary N) is 1. The Morgan fingerprint density at radius 1 is 1.08 bits per heavy atom. The van der Waals surface area contributed by atoms with Gasteiger partial charge in [0.05, 0.1) is 0 Å². The number of carbonyl (C=O) groups excluding carboxylic acids is 1. The standard InChI is InChI=1S/C21H30N2O/c24-21(13-20-12-16-7-8-17(20)11-16)22-14-18-5-1-2-6-19(18)15-23-9-3-4-10-23/h1-2,5-6,16-17,20H,3-4,7-15H2,(H,22,24)/t16-,17+,20-/m0/s1. The summed E-state index contributed by atoms with van der Waals surface area (Å²) in [6.45, 7) is 4.14. The average molecular weight is 326 g/mol. The number of carbonyl (C=O) groups is 1. The molecule has 3 fully saturated rings. The van der Waals surface area contributed by atoms with Crippen LogP contribution < -0.4 is 5.32 Å². The lowest BCUT2D eigenvalue weighted by Gasteiger charge is -2.21. The van der Waals surface area contributed by atoms with Crippen LogP contribution in [0.1, 0.15) is 56.1 Å². The largest absolute Gasteiger partial charge is 0.352 e. The lowest BCUT2D eigenvalue weighted by molar-refractivity contribution is -0.122. The molecule has 0 radical (unpaired) electrons. The number of hydrogen-bond donors (Lipinski definition) is 1. The van der Waals surface area contributed by atoms with Gasteiger partial charge >= 0.3 is 0 Å².